The van der Waals surface area contributed by atoms with E-state index in [2.05, 4.69) is 19.2 Å². The normalized spacial score (nSPS) is 35.7. The molecule has 2 unspecified atom stereocenters. The molecular weight excluding hydrogens is 244 g/mol. The summed E-state index contributed by atoms with van der Waals surface area (Å²) in [5.74, 6) is 0.198. The van der Waals surface area contributed by atoms with Crippen molar-refractivity contribution < 1.29 is 14.3 Å². The summed E-state index contributed by atoms with van der Waals surface area (Å²) in [7, 11) is 0. The maximum atomic E-state index is 11.4. The van der Waals surface area contributed by atoms with Crippen LogP contribution in [0.1, 0.15) is 41.5 Å². The lowest BCUT2D eigenvalue weighted by molar-refractivity contribution is -0.168. The van der Waals surface area contributed by atoms with Crippen molar-refractivity contribution in [2.75, 3.05) is 0 Å². The summed E-state index contributed by atoms with van der Waals surface area (Å²) in [6, 6.07) is -0.444. The van der Waals surface area contributed by atoms with E-state index in [0.29, 0.717) is 0 Å². The Morgan fingerprint density at radius 3 is 2.32 bits per heavy atom. The zero-order valence-corrected chi connectivity index (χ0v) is 12.8. The maximum Gasteiger partial charge on any atom is 0.217 e. The molecular formula is C14H28N2O3. The van der Waals surface area contributed by atoms with E-state index in [1.165, 1.54) is 6.92 Å². The standard InChI is InChI=1S/C14H28N2O3/c1-7(2)13-12(16-10(6)17)14(18-8(3)4)11(15)9(5)19-13/h7-9,11-14H,15H2,1-6H3,(H,16,17)/t9?,11-,12?,13-,14-/m0/s1. The van der Waals surface area contributed by atoms with Crippen molar-refractivity contribution in [2.45, 2.75) is 78.0 Å². The van der Waals surface area contributed by atoms with E-state index < -0.39 is 0 Å². The number of nitrogens with one attached hydrogen (secondary N) is 1. The summed E-state index contributed by atoms with van der Waals surface area (Å²) in [6.45, 7) is 11.6. The predicted molar refractivity (Wildman–Crippen MR) is 74.8 cm³/mol. The quantitative estimate of drug-likeness (QED) is 0.802. The average Bonchev–Trinajstić information content (AvgIpc) is 2.26. The van der Waals surface area contributed by atoms with Crippen LogP contribution in [0, 0.1) is 5.92 Å². The Hall–Kier alpha value is -0.650. The number of rotatable bonds is 4. The molecule has 5 heteroatoms. The lowest BCUT2D eigenvalue weighted by atomic mass is 9.86. The van der Waals surface area contributed by atoms with Gasteiger partial charge < -0.3 is 20.5 Å². The molecule has 1 fully saturated rings. The van der Waals surface area contributed by atoms with Crippen molar-refractivity contribution in [2.24, 2.45) is 11.7 Å². The van der Waals surface area contributed by atoms with Crippen LogP contribution in [0.25, 0.3) is 0 Å². The Balaban J connectivity index is 2.97. The Morgan fingerprint density at radius 1 is 1.32 bits per heavy atom. The van der Waals surface area contributed by atoms with Gasteiger partial charge in [-0.1, -0.05) is 13.8 Å². The predicted octanol–water partition coefficient (Wildman–Crippen LogP) is 1.06. The summed E-state index contributed by atoms with van der Waals surface area (Å²) in [5, 5.41) is 2.95. The van der Waals surface area contributed by atoms with Gasteiger partial charge in [-0.15, -0.1) is 0 Å². The molecule has 1 rings (SSSR count). The smallest absolute Gasteiger partial charge is 0.217 e. The lowest BCUT2D eigenvalue weighted by Crippen LogP contribution is -2.67. The molecule has 3 N–H and O–H groups in total. The van der Waals surface area contributed by atoms with Crippen molar-refractivity contribution in [1.29, 1.82) is 0 Å². The summed E-state index contributed by atoms with van der Waals surface area (Å²) in [6.07, 6.45) is -0.325. The van der Waals surface area contributed by atoms with Gasteiger partial charge in [0.1, 0.15) is 0 Å². The van der Waals surface area contributed by atoms with E-state index in [-0.39, 0.29) is 48.3 Å². The van der Waals surface area contributed by atoms with Gasteiger partial charge in [0.15, 0.2) is 0 Å². The van der Waals surface area contributed by atoms with Gasteiger partial charge in [0, 0.05) is 6.92 Å². The van der Waals surface area contributed by atoms with Crippen LogP contribution in [0.2, 0.25) is 0 Å². The molecule has 1 heterocycles. The van der Waals surface area contributed by atoms with Gasteiger partial charge >= 0.3 is 0 Å². The highest BCUT2D eigenvalue weighted by Crippen LogP contribution is 2.27. The van der Waals surface area contributed by atoms with Gasteiger partial charge in [0.25, 0.3) is 0 Å². The minimum absolute atomic E-state index is 0.0606. The highest BCUT2D eigenvalue weighted by molar-refractivity contribution is 5.73. The first-order valence-electron chi connectivity index (χ1n) is 7.07. The number of carbonyl (C=O) groups is 1. The highest BCUT2D eigenvalue weighted by atomic mass is 16.5. The zero-order chi connectivity index (χ0) is 14.7. The van der Waals surface area contributed by atoms with Crippen LogP contribution >= 0.6 is 0 Å². The van der Waals surface area contributed by atoms with E-state index in [0.717, 1.165) is 0 Å². The van der Waals surface area contributed by atoms with Gasteiger partial charge in [-0.2, -0.15) is 0 Å². The first kappa shape index (κ1) is 16.4. The minimum atomic E-state index is -0.241. The van der Waals surface area contributed by atoms with E-state index in [1.807, 2.05) is 20.8 Å². The largest absolute Gasteiger partial charge is 0.372 e. The van der Waals surface area contributed by atoms with Gasteiger partial charge in [0.05, 0.1) is 36.5 Å². The van der Waals surface area contributed by atoms with E-state index in [9.17, 15) is 4.79 Å². The van der Waals surface area contributed by atoms with Gasteiger partial charge in [-0.25, -0.2) is 0 Å². The Morgan fingerprint density at radius 2 is 1.89 bits per heavy atom. The van der Waals surface area contributed by atoms with Crippen LogP contribution in [0.3, 0.4) is 0 Å². The number of carbonyl (C=O) groups excluding carboxylic acids is 1. The molecule has 112 valence electrons. The summed E-state index contributed by atoms with van der Waals surface area (Å²) in [5.41, 5.74) is 6.20. The van der Waals surface area contributed by atoms with Crippen LogP contribution in [0.5, 0.6) is 0 Å². The third-order valence-corrected chi connectivity index (χ3v) is 3.46. The average molecular weight is 272 g/mol. The molecule has 0 aromatic carbocycles. The minimum Gasteiger partial charge on any atom is -0.372 e. The number of amides is 1. The molecule has 1 amide bonds. The highest BCUT2D eigenvalue weighted by Gasteiger charge is 2.45. The van der Waals surface area contributed by atoms with Gasteiger partial charge in [0.2, 0.25) is 5.91 Å². The fraction of sp³-hybridized carbons (Fsp3) is 0.929. The molecule has 0 saturated carbocycles. The second-order valence-electron chi connectivity index (χ2n) is 6.00. The first-order valence-corrected chi connectivity index (χ1v) is 7.07. The van der Waals surface area contributed by atoms with Crippen LogP contribution in [-0.4, -0.2) is 42.4 Å². The Bertz CT molecular complexity index is 307. The third-order valence-electron chi connectivity index (χ3n) is 3.46. The molecule has 1 aliphatic heterocycles. The Kier molecular flexibility index (Phi) is 5.77. The van der Waals surface area contributed by atoms with E-state index in [4.69, 9.17) is 15.2 Å². The molecule has 0 spiro atoms. The summed E-state index contributed by atoms with van der Waals surface area (Å²) >= 11 is 0. The second-order valence-corrected chi connectivity index (χ2v) is 6.00. The van der Waals surface area contributed by atoms with E-state index in [1.54, 1.807) is 0 Å². The number of hydrogen-bond donors (Lipinski definition) is 2. The molecule has 1 aliphatic rings. The first-order chi connectivity index (χ1) is 8.73. The molecule has 5 atom stereocenters. The molecule has 0 aromatic rings. The summed E-state index contributed by atoms with van der Waals surface area (Å²) < 4.78 is 11.9. The molecule has 0 aliphatic carbocycles. The monoisotopic (exact) mass is 272 g/mol. The van der Waals surface area contributed by atoms with Crippen molar-refractivity contribution in [1.82, 2.24) is 5.32 Å². The van der Waals surface area contributed by atoms with Gasteiger partial charge in [-0.3, -0.25) is 4.79 Å². The van der Waals surface area contributed by atoms with Crippen LogP contribution < -0.4 is 11.1 Å². The van der Waals surface area contributed by atoms with Crippen molar-refractivity contribution in [3.63, 3.8) is 0 Å². The number of hydrogen-bond acceptors (Lipinski definition) is 4. The lowest BCUT2D eigenvalue weighted by Gasteiger charge is -2.46. The van der Waals surface area contributed by atoms with Crippen molar-refractivity contribution in [3.8, 4) is 0 Å². The summed E-state index contributed by atoms with van der Waals surface area (Å²) in [4.78, 5) is 11.4. The Labute approximate surface area is 116 Å². The fourth-order valence-corrected chi connectivity index (χ4v) is 2.58. The zero-order valence-electron chi connectivity index (χ0n) is 12.8. The van der Waals surface area contributed by atoms with Crippen LogP contribution in [-0.2, 0) is 14.3 Å². The third kappa shape index (κ3) is 4.16. The fourth-order valence-electron chi connectivity index (χ4n) is 2.58. The van der Waals surface area contributed by atoms with Crippen molar-refractivity contribution in [3.05, 3.63) is 0 Å². The maximum absolute atomic E-state index is 11.4. The van der Waals surface area contributed by atoms with Crippen LogP contribution in [0.15, 0.2) is 0 Å². The number of ether oxygens (including phenoxy) is 2. The van der Waals surface area contributed by atoms with Crippen molar-refractivity contribution >= 4 is 5.91 Å². The molecule has 1 saturated heterocycles. The molecule has 5 nitrogen and oxygen atoms in total. The van der Waals surface area contributed by atoms with E-state index >= 15 is 0 Å². The molecule has 0 aromatic heterocycles. The molecule has 19 heavy (non-hydrogen) atoms. The number of nitrogens with two attached hydrogens (primary N) is 1. The molecule has 0 radical (unpaired) electrons. The second kappa shape index (κ2) is 6.68. The molecule has 0 bridgehead atoms. The van der Waals surface area contributed by atoms with Crippen LogP contribution in [0.4, 0.5) is 0 Å². The SMILES string of the molecule is CC(=O)NC1[C@H](C(C)C)OC(C)[C@H](N)[C@@H]1OC(C)C. The topological polar surface area (TPSA) is 73.6 Å². The van der Waals surface area contributed by atoms with Gasteiger partial charge in [-0.05, 0) is 26.7 Å².